The first kappa shape index (κ1) is 17.5. The van der Waals surface area contributed by atoms with Gasteiger partial charge in [-0.15, -0.1) is 0 Å². The number of carbonyl (C=O) groups excluding carboxylic acids is 1. The van der Waals surface area contributed by atoms with Gasteiger partial charge in [0.25, 0.3) is 0 Å². The first-order chi connectivity index (χ1) is 9.43. The maximum Gasteiger partial charge on any atom is 0.442 e. The lowest BCUT2D eigenvalue weighted by Gasteiger charge is -2.36. The minimum Gasteiger partial charge on any atom is -0.430 e. The molecule has 1 aromatic rings. The second-order valence-electron chi connectivity index (χ2n) is 3.84. The molecule has 0 N–H and O–H groups in total. The van der Waals surface area contributed by atoms with Crippen LogP contribution >= 0.6 is 15.9 Å². The van der Waals surface area contributed by atoms with Gasteiger partial charge in [0.05, 0.1) is 4.48 Å². The number of hydrogen-bond donors (Lipinski definition) is 0. The Hall–Kier alpha value is -1.51. The maximum absolute atomic E-state index is 13.1. The van der Waals surface area contributed by atoms with Crippen molar-refractivity contribution in [1.29, 1.82) is 0 Å². The monoisotopic (exact) mass is 376 g/mol. The molecule has 0 heterocycles. The molecule has 2 nitrogen and oxygen atoms in total. The Balaban J connectivity index is 3.60. The van der Waals surface area contributed by atoms with Crippen LogP contribution < -0.4 is 0 Å². The third-order valence-electron chi connectivity index (χ3n) is 2.45. The quantitative estimate of drug-likeness (QED) is 0.442. The van der Waals surface area contributed by atoms with Gasteiger partial charge in [-0.3, -0.25) is 0 Å². The van der Waals surface area contributed by atoms with E-state index in [0.29, 0.717) is 12.1 Å². The van der Waals surface area contributed by atoms with E-state index in [1.807, 2.05) is 0 Å². The average molecular weight is 377 g/mol. The largest absolute Gasteiger partial charge is 0.442 e. The molecule has 9 heteroatoms. The summed E-state index contributed by atoms with van der Waals surface area (Å²) in [6.07, 6.45) is -11.8. The van der Waals surface area contributed by atoms with Gasteiger partial charge in [-0.2, -0.15) is 26.3 Å². The summed E-state index contributed by atoms with van der Waals surface area (Å²) in [7, 11) is 0. The second-order valence-corrected chi connectivity index (χ2v) is 4.79. The summed E-state index contributed by atoms with van der Waals surface area (Å²) in [4.78, 5) is 11.3. The fourth-order valence-electron chi connectivity index (χ4n) is 1.53. The van der Waals surface area contributed by atoms with E-state index in [9.17, 15) is 31.1 Å². The smallest absolute Gasteiger partial charge is 0.430 e. The lowest BCUT2D eigenvalue weighted by atomic mass is 9.92. The molecule has 0 aliphatic carbocycles. The topological polar surface area (TPSA) is 26.3 Å². The van der Waals surface area contributed by atoms with Crippen LogP contribution in [0.3, 0.4) is 0 Å². The van der Waals surface area contributed by atoms with Gasteiger partial charge < -0.3 is 4.74 Å². The van der Waals surface area contributed by atoms with Crippen LogP contribution in [0.15, 0.2) is 41.4 Å². The highest BCUT2D eigenvalue weighted by atomic mass is 79.9. The van der Waals surface area contributed by atoms with Crippen LogP contribution in [0.5, 0.6) is 0 Å². The van der Waals surface area contributed by atoms with Crippen molar-refractivity contribution >= 4 is 21.9 Å². The Bertz CT molecular complexity index is 521. The fourth-order valence-corrected chi connectivity index (χ4v) is 1.61. The molecule has 1 rings (SSSR count). The summed E-state index contributed by atoms with van der Waals surface area (Å²) in [5, 5.41) is 0. The molecule has 0 aliphatic heterocycles. The van der Waals surface area contributed by atoms with Gasteiger partial charge in [0.2, 0.25) is 0 Å². The predicted molar refractivity (Wildman–Crippen MR) is 64.4 cm³/mol. The van der Waals surface area contributed by atoms with Crippen molar-refractivity contribution in [3.05, 3.63) is 47.0 Å². The summed E-state index contributed by atoms with van der Waals surface area (Å²) in [5.74, 6) is -1.87. The predicted octanol–water partition coefficient (Wildman–Crippen LogP) is 4.46. The Labute approximate surface area is 123 Å². The fraction of sp³-hybridized carbons (Fsp3) is 0.250. The van der Waals surface area contributed by atoms with E-state index in [-0.39, 0.29) is 0 Å². The van der Waals surface area contributed by atoms with Crippen LogP contribution in [0.1, 0.15) is 5.56 Å². The first-order valence-corrected chi connectivity index (χ1v) is 5.99. The Kier molecular flexibility index (Phi) is 4.76. The van der Waals surface area contributed by atoms with Crippen LogP contribution in [0.4, 0.5) is 26.3 Å². The third-order valence-corrected chi connectivity index (χ3v) is 2.77. The standard InChI is InChI=1S/C12H7BrF6O2/c1-7(13)9(20)21-10(11(14,15)16,12(17,18)19)8-5-3-2-4-6-8/h2-6H,1H2. The molecule has 1 aromatic carbocycles. The van der Waals surface area contributed by atoms with Crippen LogP contribution in [0.25, 0.3) is 0 Å². The van der Waals surface area contributed by atoms with Crippen LogP contribution in [0.2, 0.25) is 0 Å². The number of ether oxygens (including phenoxy) is 1. The Morgan fingerprint density at radius 1 is 1.00 bits per heavy atom. The van der Waals surface area contributed by atoms with Crippen molar-refractivity contribution in [3.63, 3.8) is 0 Å². The SMILES string of the molecule is C=C(Br)C(=O)OC(c1ccccc1)(C(F)(F)F)C(F)(F)F. The zero-order valence-electron chi connectivity index (χ0n) is 10.1. The molecule has 0 bridgehead atoms. The van der Waals surface area contributed by atoms with E-state index in [1.54, 1.807) is 0 Å². The van der Waals surface area contributed by atoms with Gasteiger partial charge in [-0.05, 0) is 15.9 Å². The molecule has 0 radical (unpaired) electrons. The number of benzene rings is 1. The zero-order valence-corrected chi connectivity index (χ0v) is 11.6. The van der Waals surface area contributed by atoms with E-state index in [1.165, 1.54) is 6.07 Å². The van der Waals surface area contributed by atoms with E-state index in [0.717, 1.165) is 12.1 Å². The minimum atomic E-state index is -5.91. The molecule has 0 unspecified atom stereocenters. The van der Waals surface area contributed by atoms with E-state index in [2.05, 4.69) is 27.2 Å². The zero-order chi connectivity index (χ0) is 16.5. The number of alkyl halides is 6. The number of rotatable bonds is 3. The highest BCUT2D eigenvalue weighted by Crippen LogP contribution is 2.53. The van der Waals surface area contributed by atoms with Gasteiger partial charge in [0, 0.05) is 5.56 Å². The van der Waals surface area contributed by atoms with Crippen molar-refractivity contribution in [3.8, 4) is 0 Å². The van der Waals surface area contributed by atoms with Crippen molar-refractivity contribution in [2.45, 2.75) is 18.0 Å². The lowest BCUT2D eigenvalue weighted by Crippen LogP contribution is -2.56. The lowest BCUT2D eigenvalue weighted by molar-refractivity contribution is -0.376. The molecule has 0 saturated carbocycles. The number of hydrogen-bond acceptors (Lipinski definition) is 2. The first-order valence-electron chi connectivity index (χ1n) is 5.20. The molecule has 0 fully saturated rings. The van der Waals surface area contributed by atoms with E-state index < -0.39 is 34.0 Å². The molecule has 0 aromatic heterocycles. The summed E-state index contributed by atoms with van der Waals surface area (Å²) in [6.45, 7) is 2.90. The van der Waals surface area contributed by atoms with E-state index >= 15 is 0 Å². The molecule has 0 saturated heterocycles. The summed E-state index contributed by atoms with van der Waals surface area (Å²) in [5.41, 5.74) is -6.03. The van der Waals surface area contributed by atoms with Gasteiger partial charge >= 0.3 is 23.9 Å². The summed E-state index contributed by atoms with van der Waals surface area (Å²) in [6, 6.07) is 4.32. The highest BCUT2D eigenvalue weighted by Gasteiger charge is 2.75. The molecule has 0 aliphatic rings. The molecular weight excluding hydrogens is 370 g/mol. The van der Waals surface area contributed by atoms with Crippen molar-refractivity contribution < 1.29 is 35.9 Å². The van der Waals surface area contributed by atoms with Crippen LogP contribution in [-0.2, 0) is 15.1 Å². The molecule has 0 spiro atoms. The molecule has 0 atom stereocenters. The van der Waals surface area contributed by atoms with Crippen molar-refractivity contribution in [2.24, 2.45) is 0 Å². The van der Waals surface area contributed by atoms with Crippen LogP contribution in [-0.4, -0.2) is 18.3 Å². The second kappa shape index (κ2) is 5.70. The van der Waals surface area contributed by atoms with Gasteiger partial charge in [0.1, 0.15) is 0 Å². The highest BCUT2D eigenvalue weighted by molar-refractivity contribution is 9.12. The van der Waals surface area contributed by atoms with Crippen molar-refractivity contribution in [1.82, 2.24) is 0 Å². The van der Waals surface area contributed by atoms with Gasteiger partial charge in [0.15, 0.2) is 0 Å². The minimum absolute atomic E-state index is 0.575. The number of esters is 1. The Morgan fingerprint density at radius 3 is 1.76 bits per heavy atom. The summed E-state index contributed by atoms with van der Waals surface area (Å²) < 4.78 is 81.8. The third kappa shape index (κ3) is 3.22. The molecule has 0 amide bonds. The van der Waals surface area contributed by atoms with Crippen molar-refractivity contribution in [2.75, 3.05) is 0 Å². The van der Waals surface area contributed by atoms with Crippen LogP contribution in [0, 0.1) is 0 Å². The average Bonchev–Trinajstić information content (AvgIpc) is 2.33. The molecule has 116 valence electrons. The molecule has 21 heavy (non-hydrogen) atoms. The normalized spacial score (nSPS) is 12.9. The van der Waals surface area contributed by atoms with Gasteiger partial charge in [-0.25, -0.2) is 4.79 Å². The van der Waals surface area contributed by atoms with E-state index in [4.69, 9.17) is 0 Å². The number of halogens is 7. The maximum atomic E-state index is 13.1. The summed E-state index contributed by atoms with van der Waals surface area (Å²) >= 11 is 2.39. The Morgan fingerprint density at radius 2 is 1.43 bits per heavy atom. The van der Waals surface area contributed by atoms with Gasteiger partial charge in [-0.1, -0.05) is 36.9 Å². The molecular formula is C12H7BrF6O2. The number of carbonyl (C=O) groups is 1.